The molecule has 0 radical (unpaired) electrons. The van der Waals surface area contributed by atoms with E-state index in [9.17, 15) is 0 Å². The Balaban J connectivity index is 2.21. The third kappa shape index (κ3) is 6.12. The first-order valence-electron chi connectivity index (χ1n) is 7.04. The summed E-state index contributed by atoms with van der Waals surface area (Å²) in [5.74, 6) is 3.43. The molecule has 0 aliphatic carbocycles. The van der Waals surface area contributed by atoms with E-state index in [-0.39, 0.29) is 0 Å². The maximum Gasteiger partial charge on any atom is 0.00727 e. The molecule has 0 aromatic heterocycles. The third-order valence-electron chi connectivity index (χ3n) is 3.87. The number of hydrogen-bond acceptors (Lipinski definition) is 3. The van der Waals surface area contributed by atoms with Gasteiger partial charge in [0.1, 0.15) is 0 Å². The fourth-order valence-corrected chi connectivity index (χ4v) is 3.58. The van der Waals surface area contributed by atoms with Crippen molar-refractivity contribution < 1.29 is 0 Å². The molecule has 1 aliphatic heterocycles. The molecule has 0 amide bonds. The molecular formula is C14H30N2S. The lowest BCUT2D eigenvalue weighted by atomic mass is 9.76. The first kappa shape index (κ1) is 15.3. The first-order chi connectivity index (χ1) is 8.04. The van der Waals surface area contributed by atoms with Crippen LogP contribution in [0, 0.1) is 11.3 Å². The van der Waals surface area contributed by atoms with Gasteiger partial charge < -0.3 is 10.6 Å². The van der Waals surface area contributed by atoms with E-state index in [1.165, 1.54) is 50.4 Å². The second kappa shape index (κ2) is 7.65. The van der Waals surface area contributed by atoms with Gasteiger partial charge in [-0.15, -0.1) is 0 Å². The highest BCUT2D eigenvalue weighted by Gasteiger charge is 2.23. The molecule has 2 N–H and O–H groups in total. The van der Waals surface area contributed by atoms with Crippen LogP contribution in [0.3, 0.4) is 0 Å². The molecule has 0 aromatic rings. The predicted octanol–water partition coefficient (Wildman–Crippen LogP) is 2.83. The van der Waals surface area contributed by atoms with Crippen molar-refractivity contribution in [2.45, 2.75) is 40.0 Å². The fourth-order valence-electron chi connectivity index (χ4n) is 2.60. The SMILES string of the molecule is CC(C)(C)C(CCN)CCCN1CCSCC1. The molecule has 1 rings (SSSR count). The Kier molecular flexibility index (Phi) is 6.90. The summed E-state index contributed by atoms with van der Waals surface area (Å²) in [7, 11) is 0. The molecule has 2 nitrogen and oxygen atoms in total. The molecule has 0 spiro atoms. The average molecular weight is 258 g/mol. The minimum Gasteiger partial charge on any atom is -0.330 e. The second-order valence-corrected chi connectivity index (χ2v) is 7.46. The van der Waals surface area contributed by atoms with Gasteiger partial charge in [-0.05, 0) is 43.7 Å². The van der Waals surface area contributed by atoms with E-state index in [4.69, 9.17) is 5.73 Å². The number of nitrogens with zero attached hydrogens (tertiary/aromatic N) is 1. The van der Waals surface area contributed by atoms with Crippen molar-refractivity contribution in [2.24, 2.45) is 17.1 Å². The average Bonchev–Trinajstić information content (AvgIpc) is 2.28. The zero-order chi connectivity index (χ0) is 12.7. The van der Waals surface area contributed by atoms with Crippen LogP contribution < -0.4 is 5.73 Å². The van der Waals surface area contributed by atoms with Crippen LogP contribution in [0.2, 0.25) is 0 Å². The molecule has 3 heteroatoms. The van der Waals surface area contributed by atoms with Gasteiger partial charge in [-0.2, -0.15) is 11.8 Å². The van der Waals surface area contributed by atoms with Crippen molar-refractivity contribution in [3.63, 3.8) is 0 Å². The molecule has 1 unspecified atom stereocenters. The molecule has 0 bridgehead atoms. The van der Waals surface area contributed by atoms with Crippen molar-refractivity contribution in [1.29, 1.82) is 0 Å². The summed E-state index contributed by atoms with van der Waals surface area (Å²) in [6.45, 7) is 11.8. The summed E-state index contributed by atoms with van der Waals surface area (Å²) >= 11 is 2.09. The quantitative estimate of drug-likeness (QED) is 0.794. The molecule has 0 aromatic carbocycles. The van der Waals surface area contributed by atoms with Gasteiger partial charge in [0.25, 0.3) is 0 Å². The molecule has 1 atom stereocenters. The van der Waals surface area contributed by atoms with E-state index in [0.29, 0.717) is 5.41 Å². The van der Waals surface area contributed by atoms with Gasteiger partial charge in [0, 0.05) is 24.6 Å². The lowest BCUT2D eigenvalue weighted by Crippen LogP contribution is -2.34. The standard InChI is InChI=1S/C14H30N2S/c1-14(2,3)13(6-7-15)5-4-8-16-9-11-17-12-10-16/h13H,4-12,15H2,1-3H3. The summed E-state index contributed by atoms with van der Waals surface area (Å²) in [4.78, 5) is 2.62. The van der Waals surface area contributed by atoms with Gasteiger partial charge in [0.05, 0.1) is 0 Å². The molecular weight excluding hydrogens is 228 g/mol. The smallest absolute Gasteiger partial charge is 0.00727 e. The maximum atomic E-state index is 5.73. The van der Waals surface area contributed by atoms with Crippen molar-refractivity contribution in [2.75, 3.05) is 37.7 Å². The van der Waals surface area contributed by atoms with Gasteiger partial charge in [0.15, 0.2) is 0 Å². The molecule has 102 valence electrons. The third-order valence-corrected chi connectivity index (χ3v) is 4.81. The zero-order valence-corrected chi connectivity index (χ0v) is 12.7. The minimum absolute atomic E-state index is 0.414. The highest BCUT2D eigenvalue weighted by Crippen LogP contribution is 2.32. The van der Waals surface area contributed by atoms with Crippen LogP contribution in [0.15, 0.2) is 0 Å². The van der Waals surface area contributed by atoms with Crippen molar-refractivity contribution in [3.05, 3.63) is 0 Å². The lowest BCUT2D eigenvalue weighted by Gasteiger charge is -2.32. The molecule has 1 heterocycles. The van der Waals surface area contributed by atoms with E-state index < -0.39 is 0 Å². The largest absolute Gasteiger partial charge is 0.330 e. The van der Waals surface area contributed by atoms with E-state index in [0.717, 1.165) is 12.5 Å². The maximum absolute atomic E-state index is 5.73. The van der Waals surface area contributed by atoms with Gasteiger partial charge in [-0.1, -0.05) is 20.8 Å². The Hall–Kier alpha value is 0.270. The van der Waals surface area contributed by atoms with Crippen LogP contribution in [0.5, 0.6) is 0 Å². The fraction of sp³-hybridized carbons (Fsp3) is 1.00. The van der Waals surface area contributed by atoms with Crippen LogP contribution in [0.25, 0.3) is 0 Å². The Morgan fingerprint density at radius 2 is 1.82 bits per heavy atom. The second-order valence-electron chi connectivity index (χ2n) is 6.24. The van der Waals surface area contributed by atoms with Crippen LogP contribution in [0.1, 0.15) is 40.0 Å². The van der Waals surface area contributed by atoms with E-state index in [2.05, 4.69) is 37.4 Å². The first-order valence-corrected chi connectivity index (χ1v) is 8.19. The zero-order valence-electron chi connectivity index (χ0n) is 11.9. The molecule has 1 aliphatic rings. The van der Waals surface area contributed by atoms with E-state index >= 15 is 0 Å². The lowest BCUT2D eigenvalue weighted by molar-refractivity contribution is 0.197. The number of rotatable bonds is 6. The predicted molar refractivity (Wildman–Crippen MR) is 79.6 cm³/mol. The van der Waals surface area contributed by atoms with Gasteiger partial charge in [0.2, 0.25) is 0 Å². The highest BCUT2D eigenvalue weighted by atomic mass is 32.2. The summed E-state index contributed by atoms with van der Waals surface area (Å²) in [6, 6.07) is 0. The number of nitrogens with two attached hydrogens (primary N) is 1. The van der Waals surface area contributed by atoms with Crippen LogP contribution in [-0.2, 0) is 0 Å². The Labute approximate surface area is 112 Å². The Morgan fingerprint density at radius 1 is 1.18 bits per heavy atom. The highest BCUT2D eigenvalue weighted by molar-refractivity contribution is 7.99. The van der Waals surface area contributed by atoms with Crippen molar-refractivity contribution >= 4 is 11.8 Å². The monoisotopic (exact) mass is 258 g/mol. The summed E-state index contributed by atoms with van der Waals surface area (Å²) < 4.78 is 0. The summed E-state index contributed by atoms with van der Waals surface area (Å²) in [5, 5.41) is 0. The van der Waals surface area contributed by atoms with Gasteiger partial charge in [-0.25, -0.2) is 0 Å². The number of thioether (sulfide) groups is 1. The van der Waals surface area contributed by atoms with Gasteiger partial charge in [-0.3, -0.25) is 0 Å². The Morgan fingerprint density at radius 3 is 2.35 bits per heavy atom. The van der Waals surface area contributed by atoms with E-state index in [1.807, 2.05) is 0 Å². The van der Waals surface area contributed by atoms with Crippen molar-refractivity contribution in [3.8, 4) is 0 Å². The summed E-state index contributed by atoms with van der Waals surface area (Å²) in [5.41, 5.74) is 6.14. The Bertz CT molecular complexity index is 195. The van der Waals surface area contributed by atoms with Crippen LogP contribution in [0.4, 0.5) is 0 Å². The topological polar surface area (TPSA) is 29.3 Å². The molecule has 1 saturated heterocycles. The summed E-state index contributed by atoms with van der Waals surface area (Å²) in [6.07, 6.45) is 3.86. The van der Waals surface area contributed by atoms with Crippen LogP contribution in [-0.4, -0.2) is 42.6 Å². The minimum atomic E-state index is 0.414. The normalized spacial score (nSPS) is 20.5. The van der Waals surface area contributed by atoms with Gasteiger partial charge >= 0.3 is 0 Å². The molecule has 17 heavy (non-hydrogen) atoms. The number of hydrogen-bond donors (Lipinski definition) is 1. The molecule has 1 fully saturated rings. The van der Waals surface area contributed by atoms with E-state index in [1.54, 1.807) is 0 Å². The van der Waals surface area contributed by atoms with Crippen LogP contribution >= 0.6 is 11.8 Å². The molecule has 0 saturated carbocycles. The van der Waals surface area contributed by atoms with Crippen molar-refractivity contribution in [1.82, 2.24) is 4.90 Å².